The molecule has 1 saturated carbocycles. The highest BCUT2D eigenvalue weighted by Crippen LogP contribution is 2.37. The molecule has 0 saturated heterocycles. The van der Waals surface area contributed by atoms with Crippen molar-refractivity contribution in [2.45, 2.75) is 69.1 Å². The van der Waals surface area contributed by atoms with E-state index >= 15 is 0 Å². The number of rotatable bonds is 6. The Kier molecular flexibility index (Phi) is 6.44. The van der Waals surface area contributed by atoms with Gasteiger partial charge in [0.05, 0.1) is 0 Å². The van der Waals surface area contributed by atoms with E-state index in [0.717, 1.165) is 17.7 Å². The van der Waals surface area contributed by atoms with Gasteiger partial charge in [-0.3, -0.25) is 0 Å². The van der Waals surface area contributed by atoms with Crippen molar-refractivity contribution in [1.29, 1.82) is 0 Å². The molecule has 1 aliphatic carbocycles. The lowest BCUT2D eigenvalue weighted by Crippen LogP contribution is -2.17. The van der Waals surface area contributed by atoms with Crippen molar-refractivity contribution in [1.82, 2.24) is 5.32 Å². The van der Waals surface area contributed by atoms with Crippen molar-refractivity contribution in [2.24, 2.45) is 5.92 Å². The van der Waals surface area contributed by atoms with E-state index in [1.807, 2.05) is 0 Å². The maximum atomic E-state index is 3.47. The van der Waals surface area contributed by atoms with Gasteiger partial charge in [0.2, 0.25) is 0 Å². The predicted octanol–water partition coefficient (Wildman–Crippen LogP) is 5.42. The normalized spacial score (nSPS) is 24.6. The molecule has 1 aromatic carbocycles. The minimum atomic E-state index is 0.457. The van der Waals surface area contributed by atoms with Crippen LogP contribution in [0.5, 0.6) is 0 Å². The topological polar surface area (TPSA) is 12.0 Å². The molecule has 1 N–H and O–H groups in total. The van der Waals surface area contributed by atoms with E-state index in [0.29, 0.717) is 6.04 Å². The number of hydrogen-bond acceptors (Lipinski definition) is 2. The zero-order valence-corrected chi connectivity index (χ0v) is 14.0. The van der Waals surface area contributed by atoms with Gasteiger partial charge in [0.25, 0.3) is 0 Å². The summed E-state index contributed by atoms with van der Waals surface area (Å²) < 4.78 is 0. The highest BCUT2D eigenvalue weighted by atomic mass is 32.2. The highest BCUT2D eigenvalue weighted by molar-refractivity contribution is 8.00. The van der Waals surface area contributed by atoms with Crippen LogP contribution in [-0.2, 0) is 0 Å². The zero-order valence-electron chi connectivity index (χ0n) is 13.2. The fraction of sp³-hybridized carbons (Fsp3) is 0.667. The van der Waals surface area contributed by atoms with Crippen molar-refractivity contribution in [3.05, 3.63) is 29.8 Å². The quantitative estimate of drug-likeness (QED) is 0.751. The van der Waals surface area contributed by atoms with Gasteiger partial charge in [-0.1, -0.05) is 45.2 Å². The van der Waals surface area contributed by atoms with Gasteiger partial charge in [-0.05, 0) is 49.9 Å². The van der Waals surface area contributed by atoms with Gasteiger partial charge in [-0.25, -0.2) is 0 Å². The summed E-state index contributed by atoms with van der Waals surface area (Å²) in [4.78, 5) is 1.44. The van der Waals surface area contributed by atoms with Crippen molar-refractivity contribution >= 4 is 11.8 Å². The minimum Gasteiger partial charge on any atom is -0.310 e. The van der Waals surface area contributed by atoms with Crippen LogP contribution < -0.4 is 5.32 Å². The Morgan fingerprint density at radius 3 is 2.60 bits per heavy atom. The summed E-state index contributed by atoms with van der Waals surface area (Å²) in [5, 5.41) is 4.31. The monoisotopic (exact) mass is 291 g/mol. The maximum Gasteiger partial charge on any atom is 0.0291 e. The smallest absolute Gasteiger partial charge is 0.0291 e. The molecule has 1 aromatic rings. The van der Waals surface area contributed by atoms with Crippen LogP contribution in [0.15, 0.2) is 29.2 Å². The summed E-state index contributed by atoms with van der Waals surface area (Å²) in [6.45, 7) is 7.76. The molecule has 1 fully saturated rings. The van der Waals surface area contributed by atoms with Gasteiger partial charge in [-0.2, -0.15) is 0 Å². The van der Waals surface area contributed by atoms with Crippen LogP contribution in [0, 0.1) is 5.92 Å². The molecule has 1 aliphatic rings. The molecule has 112 valence electrons. The Labute approximate surface area is 128 Å². The van der Waals surface area contributed by atoms with E-state index < -0.39 is 0 Å². The van der Waals surface area contributed by atoms with Crippen LogP contribution in [0.4, 0.5) is 0 Å². The van der Waals surface area contributed by atoms with E-state index in [1.165, 1.54) is 42.6 Å². The van der Waals surface area contributed by atoms with Crippen LogP contribution in [0.2, 0.25) is 0 Å². The Morgan fingerprint density at radius 1 is 1.20 bits per heavy atom. The molecule has 0 spiro atoms. The molecule has 3 atom stereocenters. The number of nitrogens with one attached hydrogen (secondary N) is 1. The first-order valence-electron chi connectivity index (χ1n) is 8.22. The highest BCUT2D eigenvalue weighted by Gasteiger charge is 2.21. The largest absolute Gasteiger partial charge is 0.310 e. The molecule has 0 bridgehead atoms. The summed E-state index contributed by atoms with van der Waals surface area (Å²) in [6.07, 6.45) is 7.04. The van der Waals surface area contributed by atoms with Crippen molar-refractivity contribution < 1.29 is 0 Å². The van der Waals surface area contributed by atoms with Gasteiger partial charge in [-0.15, -0.1) is 11.8 Å². The molecular weight excluding hydrogens is 262 g/mol. The molecular formula is C18H29NS. The third-order valence-corrected chi connectivity index (χ3v) is 5.81. The third-order valence-electron chi connectivity index (χ3n) is 4.51. The maximum absolute atomic E-state index is 3.47. The summed E-state index contributed by atoms with van der Waals surface area (Å²) in [6, 6.07) is 9.65. The van der Waals surface area contributed by atoms with Crippen molar-refractivity contribution in [3.63, 3.8) is 0 Å². The van der Waals surface area contributed by atoms with Gasteiger partial charge in [0.1, 0.15) is 0 Å². The standard InChI is InChI=1S/C18H29NS/c1-4-15-7-6-8-18(13-15)20-17-11-9-16(10-12-17)14(3)19-5-2/h9-12,14-15,18-19H,4-8,13H2,1-3H3. The number of thioether (sulfide) groups is 1. The van der Waals surface area contributed by atoms with E-state index in [2.05, 4.69) is 62.1 Å². The van der Waals surface area contributed by atoms with Crippen molar-refractivity contribution in [3.8, 4) is 0 Å². The second-order valence-corrected chi connectivity index (χ2v) is 7.40. The summed E-state index contributed by atoms with van der Waals surface area (Å²) in [5.74, 6) is 0.967. The fourth-order valence-electron chi connectivity index (χ4n) is 3.17. The van der Waals surface area contributed by atoms with Crippen LogP contribution >= 0.6 is 11.8 Å². The fourth-order valence-corrected chi connectivity index (χ4v) is 4.50. The molecule has 2 heteroatoms. The summed E-state index contributed by atoms with van der Waals surface area (Å²) in [7, 11) is 0. The molecule has 0 radical (unpaired) electrons. The van der Waals surface area contributed by atoms with Gasteiger partial charge in [0.15, 0.2) is 0 Å². The number of benzene rings is 1. The average molecular weight is 292 g/mol. The molecule has 0 amide bonds. The average Bonchev–Trinajstić information content (AvgIpc) is 2.48. The van der Waals surface area contributed by atoms with E-state index in [1.54, 1.807) is 0 Å². The molecule has 3 unspecified atom stereocenters. The third kappa shape index (κ3) is 4.53. The predicted molar refractivity (Wildman–Crippen MR) is 90.4 cm³/mol. The van der Waals surface area contributed by atoms with E-state index in [9.17, 15) is 0 Å². The Morgan fingerprint density at radius 2 is 1.95 bits per heavy atom. The zero-order chi connectivity index (χ0) is 14.4. The lowest BCUT2D eigenvalue weighted by Gasteiger charge is -2.28. The second kappa shape index (κ2) is 8.09. The molecule has 2 rings (SSSR count). The molecule has 0 aliphatic heterocycles. The van der Waals surface area contributed by atoms with Crippen LogP contribution in [-0.4, -0.2) is 11.8 Å². The lowest BCUT2D eigenvalue weighted by molar-refractivity contribution is 0.357. The van der Waals surface area contributed by atoms with Crippen LogP contribution in [0.25, 0.3) is 0 Å². The molecule has 0 heterocycles. The Balaban J connectivity index is 1.90. The molecule has 0 aromatic heterocycles. The van der Waals surface area contributed by atoms with Gasteiger partial charge in [0, 0.05) is 16.2 Å². The SMILES string of the molecule is CCNC(C)c1ccc(SC2CCCC(CC)C2)cc1. The number of hydrogen-bond donors (Lipinski definition) is 1. The molecule has 1 nitrogen and oxygen atoms in total. The van der Waals surface area contributed by atoms with Crippen LogP contribution in [0.3, 0.4) is 0 Å². The Hall–Kier alpha value is -0.470. The first-order chi connectivity index (χ1) is 9.72. The minimum absolute atomic E-state index is 0.457. The first kappa shape index (κ1) is 15.9. The summed E-state index contributed by atoms with van der Waals surface area (Å²) >= 11 is 2.10. The second-order valence-electron chi connectivity index (χ2n) is 6.03. The molecule has 20 heavy (non-hydrogen) atoms. The van der Waals surface area contributed by atoms with Crippen LogP contribution in [0.1, 0.15) is 64.5 Å². The van der Waals surface area contributed by atoms with E-state index in [4.69, 9.17) is 0 Å². The van der Waals surface area contributed by atoms with Gasteiger partial charge < -0.3 is 5.32 Å². The summed E-state index contributed by atoms with van der Waals surface area (Å²) in [5.41, 5.74) is 1.39. The van der Waals surface area contributed by atoms with Gasteiger partial charge >= 0.3 is 0 Å². The lowest BCUT2D eigenvalue weighted by atomic mass is 9.87. The van der Waals surface area contributed by atoms with E-state index in [-0.39, 0.29) is 0 Å². The van der Waals surface area contributed by atoms with Crippen molar-refractivity contribution in [2.75, 3.05) is 6.54 Å². The first-order valence-corrected chi connectivity index (χ1v) is 9.10. The Bertz CT molecular complexity index is 387.